The van der Waals surface area contributed by atoms with Gasteiger partial charge in [0.05, 0.1) is 35.8 Å². The maximum Gasteiger partial charge on any atom is 0.262 e. The highest BCUT2D eigenvalue weighted by molar-refractivity contribution is 7.99. The quantitative estimate of drug-likeness (QED) is 0.418. The second-order valence-corrected chi connectivity index (χ2v) is 8.03. The number of rotatable bonds is 9. The number of amides is 1. The summed E-state index contributed by atoms with van der Waals surface area (Å²) in [6.07, 6.45) is 0.798. The first-order valence-electron chi connectivity index (χ1n) is 10.0. The van der Waals surface area contributed by atoms with Crippen molar-refractivity contribution < 1.29 is 9.53 Å². The lowest BCUT2D eigenvalue weighted by Gasteiger charge is -2.18. The summed E-state index contributed by atoms with van der Waals surface area (Å²) in [5.41, 5.74) is 2.78. The number of aromatic nitrogens is 2. The number of nitrogens with zero attached hydrogens (tertiary/aromatic N) is 2. The predicted molar refractivity (Wildman–Crippen MR) is 121 cm³/mol. The Labute approximate surface area is 180 Å². The minimum absolute atomic E-state index is 0.0426. The highest BCUT2D eigenvalue weighted by atomic mass is 32.2. The van der Waals surface area contributed by atoms with Crippen LogP contribution in [0.3, 0.4) is 0 Å². The molecule has 0 aliphatic rings. The Morgan fingerprint density at radius 3 is 2.63 bits per heavy atom. The summed E-state index contributed by atoms with van der Waals surface area (Å²) in [5, 5.41) is 4.17. The Bertz CT molecular complexity index is 1060. The van der Waals surface area contributed by atoms with Crippen molar-refractivity contribution in [2.75, 3.05) is 19.5 Å². The Morgan fingerprint density at radius 2 is 1.93 bits per heavy atom. The van der Waals surface area contributed by atoms with Gasteiger partial charge in [-0.15, -0.1) is 0 Å². The minimum Gasteiger partial charge on any atom is -0.383 e. The molecule has 0 radical (unpaired) electrons. The molecule has 0 saturated heterocycles. The number of carbonyl (C=O) groups is 1. The van der Waals surface area contributed by atoms with Crippen LogP contribution in [-0.4, -0.2) is 34.9 Å². The SMILES string of the molecule is CC[C@H](NC(=O)CSc1nc2ccccc2c(=O)n1CCOC)c1ccc(C)cc1. The molecule has 1 N–H and O–H groups in total. The first-order chi connectivity index (χ1) is 14.5. The number of benzene rings is 2. The topological polar surface area (TPSA) is 73.2 Å². The van der Waals surface area contributed by atoms with Gasteiger partial charge in [0.25, 0.3) is 5.56 Å². The average molecular weight is 426 g/mol. The molecular weight excluding hydrogens is 398 g/mol. The van der Waals surface area contributed by atoms with Crippen LogP contribution < -0.4 is 10.9 Å². The van der Waals surface area contributed by atoms with Crippen LogP contribution in [0.1, 0.15) is 30.5 Å². The van der Waals surface area contributed by atoms with Crippen molar-refractivity contribution in [3.05, 3.63) is 70.0 Å². The van der Waals surface area contributed by atoms with E-state index in [0.717, 1.165) is 12.0 Å². The third-order valence-electron chi connectivity index (χ3n) is 4.90. The summed E-state index contributed by atoms with van der Waals surface area (Å²) in [6.45, 7) is 4.87. The number of aryl methyl sites for hydroxylation is 1. The van der Waals surface area contributed by atoms with Gasteiger partial charge in [0, 0.05) is 7.11 Å². The standard InChI is InChI=1S/C23H27N3O3S/c1-4-19(17-11-9-16(2)10-12-17)24-21(27)15-30-23-25-20-8-6-5-7-18(20)22(28)26(23)13-14-29-3/h5-12,19H,4,13-15H2,1-3H3,(H,24,27)/t19-/m0/s1. The number of thioether (sulfide) groups is 1. The largest absolute Gasteiger partial charge is 0.383 e. The van der Waals surface area contributed by atoms with E-state index in [-0.39, 0.29) is 23.3 Å². The minimum atomic E-state index is -0.119. The zero-order valence-electron chi connectivity index (χ0n) is 17.6. The summed E-state index contributed by atoms with van der Waals surface area (Å²) >= 11 is 1.27. The highest BCUT2D eigenvalue weighted by Gasteiger charge is 2.16. The number of hydrogen-bond donors (Lipinski definition) is 1. The summed E-state index contributed by atoms with van der Waals surface area (Å²) in [5.74, 6) is 0.0910. The molecule has 3 aromatic rings. The first kappa shape index (κ1) is 22.1. The lowest BCUT2D eigenvalue weighted by atomic mass is 10.0. The molecule has 1 atom stereocenters. The molecule has 1 amide bonds. The first-order valence-corrected chi connectivity index (χ1v) is 11.0. The molecule has 3 rings (SSSR count). The molecule has 1 heterocycles. The number of nitrogens with one attached hydrogen (secondary N) is 1. The van der Waals surface area contributed by atoms with Gasteiger partial charge >= 0.3 is 0 Å². The van der Waals surface area contributed by atoms with Crippen LogP contribution in [-0.2, 0) is 16.1 Å². The number of methoxy groups -OCH3 is 1. The van der Waals surface area contributed by atoms with Crippen molar-refractivity contribution in [2.24, 2.45) is 0 Å². The van der Waals surface area contributed by atoms with Gasteiger partial charge in [0.2, 0.25) is 5.91 Å². The van der Waals surface area contributed by atoms with Gasteiger partial charge in [-0.2, -0.15) is 0 Å². The smallest absolute Gasteiger partial charge is 0.262 e. The van der Waals surface area contributed by atoms with E-state index in [2.05, 4.69) is 10.3 Å². The van der Waals surface area contributed by atoms with Gasteiger partial charge in [-0.3, -0.25) is 14.2 Å². The van der Waals surface area contributed by atoms with E-state index in [1.807, 2.05) is 56.3 Å². The molecule has 1 aromatic heterocycles. The molecule has 0 aliphatic heterocycles. The highest BCUT2D eigenvalue weighted by Crippen LogP contribution is 2.20. The molecule has 0 spiro atoms. The Hall–Kier alpha value is -2.64. The Kier molecular flexibility index (Phi) is 7.65. The monoisotopic (exact) mass is 425 g/mol. The average Bonchev–Trinajstić information content (AvgIpc) is 2.76. The molecule has 7 heteroatoms. The van der Waals surface area contributed by atoms with Crippen molar-refractivity contribution in [2.45, 2.75) is 38.0 Å². The molecule has 0 aliphatic carbocycles. The number of hydrogen-bond acceptors (Lipinski definition) is 5. The van der Waals surface area contributed by atoms with Gasteiger partial charge in [-0.1, -0.05) is 60.6 Å². The third kappa shape index (κ3) is 5.29. The van der Waals surface area contributed by atoms with E-state index in [1.54, 1.807) is 17.7 Å². The van der Waals surface area contributed by atoms with E-state index in [1.165, 1.54) is 17.3 Å². The lowest BCUT2D eigenvalue weighted by Crippen LogP contribution is -2.30. The van der Waals surface area contributed by atoms with Crippen LogP contribution in [0, 0.1) is 6.92 Å². The van der Waals surface area contributed by atoms with Gasteiger partial charge < -0.3 is 10.1 Å². The van der Waals surface area contributed by atoms with Crippen LogP contribution >= 0.6 is 11.8 Å². The summed E-state index contributed by atoms with van der Waals surface area (Å²) < 4.78 is 6.73. The summed E-state index contributed by atoms with van der Waals surface area (Å²) in [7, 11) is 1.59. The molecule has 6 nitrogen and oxygen atoms in total. The van der Waals surface area contributed by atoms with E-state index in [4.69, 9.17) is 4.74 Å². The molecular formula is C23H27N3O3S. The van der Waals surface area contributed by atoms with Crippen molar-refractivity contribution in [3.8, 4) is 0 Å². The molecule has 0 fully saturated rings. The molecule has 0 bridgehead atoms. The van der Waals surface area contributed by atoms with E-state index >= 15 is 0 Å². The normalized spacial score (nSPS) is 12.1. The fourth-order valence-corrected chi connectivity index (χ4v) is 4.06. The van der Waals surface area contributed by atoms with E-state index in [9.17, 15) is 9.59 Å². The molecule has 0 unspecified atom stereocenters. The summed E-state index contributed by atoms with van der Waals surface area (Å²) in [4.78, 5) is 30.1. The van der Waals surface area contributed by atoms with E-state index < -0.39 is 0 Å². The van der Waals surface area contributed by atoms with E-state index in [0.29, 0.717) is 29.2 Å². The van der Waals surface area contributed by atoms with Gasteiger partial charge in [-0.25, -0.2) is 4.98 Å². The molecule has 158 valence electrons. The fraction of sp³-hybridized carbons (Fsp3) is 0.348. The number of ether oxygens (including phenoxy) is 1. The zero-order chi connectivity index (χ0) is 21.5. The fourth-order valence-electron chi connectivity index (χ4n) is 3.22. The Morgan fingerprint density at radius 1 is 1.20 bits per heavy atom. The van der Waals surface area contributed by atoms with Gasteiger partial charge in [0.15, 0.2) is 5.16 Å². The lowest BCUT2D eigenvalue weighted by molar-refractivity contribution is -0.119. The molecule has 2 aromatic carbocycles. The second kappa shape index (κ2) is 10.4. The molecule has 30 heavy (non-hydrogen) atoms. The van der Waals surface area contributed by atoms with Crippen LogP contribution in [0.2, 0.25) is 0 Å². The van der Waals surface area contributed by atoms with Crippen LogP contribution in [0.5, 0.6) is 0 Å². The van der Waals surface area contributed by atoms with Crippen molar-refractivity contribution in [1.82, 2.24) is 14.9 Å². The summed E-state index contributed by atoms with van der Waals surface area (Å²) in [6, 6.07) is 15.4. The van der Waals surface area contributed by atoms with Gasteiger partial charge in [-0.05, 0) is 31.0 Å². The maximum absolute atomic E-state index is 12.9. The maximum atomic E-state index is 12.9. The zero-order valence-corrected chi connectivity index (χ0v) is 18.4. The number of para-hydroxylation sites is 1. The van der Waals surface area contributed by atoms with Crippen molar-refractivity contribution >= 4 is 28.6 Å². The van der Waals surface area contributed by atoms with Crippen LogP contribution in [0.25, 0.3) is 10.9 Å². The predicted octanol–water partition coefficient (Wildman–Crippen LogP) is 3.71. The van der Waals surface area contributed by atoms with Crippen LogP contribution in [0.15, 0.2) is 58.5 Å². The molecule has 0 saturated carbocycles. The van der Waals surface area contributed by atoms with Crippen molar-refractivity contribution in [1.29, 1.82) is 0 Å². The van der Waals surface area contributed by atoms with Crippen LogP contribution in [0.4, 0.5) is 0 Å². The third-order valence-corrected chi connectivity index (χ3v) is 5.88. The number of carbonyl (C=O) groups excluding carboxylic acids is 1. The van der Waals surface area contributed by atoms with Gasteiger partial charge in [0.1, 0.15) is 0 Å². The van der Waals surface area contributed by atoms with Crippen molar-refractivity contribution in [3.63, 3.8) is 0 Å². The Balaban J connectivity index is 1.75. The number of fused-ring (bicyclic) bond motifs is 1. The second-order valence-electron chi connectivity index (χ2n) is 7.09.